The molecule has 124 valence electrons. The number of hydrogen-bond acceptors (Lipinski definition) is 4. The van der Waals surface area contributed by atoms with Crippen molar-refractivity contribution in [2.45, 2.75) is 33.4 Å². The fraction of sp³-hybridized carbons (Fsp3) is 0.438. The first kappa shape index (κ1) is 16.8. The van der Waals surface area contributed by atoms with Crippen molar-refractivity contribution in [3.8, 4) is 5.88 Å². The summed E-state index contributed by atoms with van der Waals surface area (Å²) in [4.78, 5) is 20.4. The number of pyridine rings is 1. The summed E-state index contributed by atoms with van der Waals surface area (Å²) in [7, 11) is 1.52. The van der Waals surface area contributed by atoms with Crippen LogP contribution in [0.2, 0.25) is 0 Å². The van der Waals surface area contributed by atoms with Gasteiger partial charge in [0.2, 0.25) is 5.88 Å². The summed E-state index contributed by atoms with van der Waals surface area (Å²) in [5.74, 6) is 0.379. The number of anilines is 1. The quantitative estimate of drug-likeness (QED) is 0.888. The molecule has 0 aliphatic heterocycles. The molecule has 0 radical (unpaired) electrons. The molecule has 0 aliphatic carbocycles. The zero-order valence-corrected chi connectivity index (χ0v) is 13.9. The molecule has 2 amide bonds. The molecule has 2 heterocycles. The van der Waals surface area contributed by atoms with Crippen LogP contribution in [0, 0.1) is 5.41 Å². The average molecular weight is 317 g/mol. The van der Waals surface area contributed by atoms with Crippen LogP contribution in [0.4, 0.5) is 10.5 Å². The summed E-state index contributed by atoms with van der Waals surface area (Å²) in [6.45, 7) is 6.89. The van der Waals surface area contributed by atoms with E-state index in [-0.39, 0.29) is 17.5 Å². The van der Waals surface area contributed by atoms with Gasteiger partial charge in [0.15, 0.2) is 0 Å². The molecule has 0 aromatic carbocycles. The third-order valence-corrected chi connectivity index (χ3v) is 3.52. The van der Waals surface area contributed by atoms with Crippen LogP contribution in [0.1, 0.15) is 20.8 Å². The normalized spacial score (nSPS) is 12.5. The summed E-state index contributed by atoms with van der Waals surface area (Å²) in [6, 6.07) is 3.12. The molecule has 23 heavy (non-hydrogen) atoms. The molecule has 2 aromatic rings. The van der Waals surface area contributed by atoms with Gasteiger partial charge in [-0.3, -0.25) is 0 Å². The van der Waals surface area contributed by atoms with E-state index in [9.17, 15) is 4.79 Å². The number of hydrogen-bond donors (Lipinski definition) is 2. The minimum Gasteiger partial charge on any atom is -0.480 e. The van der Waals surface area contributed by atoms with E-state index in [4.69, 9.17) is 4.74 Å². The maximum absolute atomic E-state index is 12.3. The van der Waals surface area contributed by atoms with E-state index in [2.05, 4.69) is 41.4 Å². The van der Waals surface area contributed by atoms with Gasteiger partial charge in [-0.15, -0.1) is 0 Å². The Morgan fingerprint density at radius 3 is 2.78 bits per heavy atom. The molecule has 7 nitrogen and oxygen atoms in total. The molecule has 0 unspecified atom stereocenters. The highest BCUT2D eigenvalue weighted by atomic mass is 16.5. The second-order valence-electron chi connectivity index (χ2n) is 6.34. The predicted molar refractivity (Wildman–Crippen MR) is 88.4 cm³/mol. The van der Waals surface area contributed by atoms with Gasteiger partial charge in [-0.25, -0.2) is 14.8 Å². The van der Waals surface area contributed by atoms with Gasteiger partial charge in [-0.2, -0.15) is 0 Å². The van der Waals surface area contributed by atoms with Gasteiger partial charge in [0.05, 0.1) is 19.5 Å². The smallest absolute Gasteiger partial charge is 0.319 e. The number of methoxy groups -OCH3 is 1. The van der Waals surface area contributed by atoms with E-state index in [1.165, 1.54) is 7.11 Å². The van der Waals surface area contributed by atoms with Gasteiger partial charge in [0.1, 0.15) is 5.69 Å². The lowest BCUT2D eigenvalue weighted by Gasteiger charge is -2.31. The summed E-state index contributed by atoms with van der Waals surface area (Å²) < 4.78 is 7.08. The van der Waals surface area contributed by atoms with Crippen molar-refractivity contribution in [3.05, 3.63) is 37.1 Å². The Labute approximate surface area is 136 Å². The number of aromatic nitrogens is 3. The Hall–Kier alpha value is -2.57. The van der Waals surface area contributed by atoms with Crippen LogP contribution in [0.3, 0.4) is 0 Å². The molecule has 0 aliphatic rings. The van der Waals surface area contributed by atoms with Gasteiger partial charge in [0.25, 0.3) is 0 Å². The number of urea groups is 1. The van der Waals surface area contributed by atoms with Crippen molar-refractivity contribution < 1.29 is 9.53 Å². The second kappa shape index (κ2) is 7.13. The molecule has 0 saturated carbocycles. The van der Waals surface area contributed by atoms with E-state index in [1.807, 2.05) is 10.8 Å². The molecular weight excluding hydrogens is 294 g/mol. The lowest BCUT2D eigenvalue weighted by Crippen LogP contribution is -2.47. The van der Waals surface area contributed by atoms with Gasteiger partial charge >= 0.3 is 6.03 Å². The zero-order valence-electron chi connectivity index (χ0n) is 13.9. The van der Waals surface area contributed by atoms with Crippen molar-refractivity contribution in [3.63, 3.8) is 0 Å². The second-order valence-corrected chi connectivity index (χ2v) is 6.34. The van der Waals surface area contributed by atoms with Crippen LogP contribution >= 0.6 is 0 Å². The van der Waals surface area contributed by atoms with Gasteiger partial charge < -0.3 is 19.9 Å². The maximum atomic E-state index is 12.3. The van der Waals surface area contributed by atoms with Crippen LogP contribution in [0.5, 0.6) is 5.88 Å². The number of nitrogens with zero attached hydrogens (tertiary/aromatic N) is 3. The number of carbonyl (C=O) groups excluding carboxylic acids is 1. The van der Waals surface area contributed by atoms with Gasteiger partial charge in [0, 0.05) is 25.1 Å². The first-order chi connectivity index (χ1) is 10.9. The largest absolute Gasteiger partial charge is 0.480 e. The topological polar surface area (TPSA) is 81.1 Å². The number of rotatable bonds is 5. The summed E-state index contributed by atoms with van der Waals surface area (Å²) >= 11 is 0. The summed E-state index contributed by atoms with van der Waals surface area (Å²) in [5.41, 5.74) is 0.420. The highest BCUT2D eigenvalue weighted by Crippen LogP contribution is 2.22. The zero-order chi connectivity index (χ0) is 16.9. The highest BCUT2D eigenvalue weighted by Gasteiger charge is 2.26. The third kappa shape index (κ3) is 4.70. The molecule has 0 fully saturated rings. The van der Waals surface area contributed by atoms with E-state index in [0.717, 1.165) is 0 Å². The predicted octanol–water partition coefficient (Wildman–Crippen LogP) is 2.52. The van der Waals surface area contributed by atoms with E-state index in [1.54, 1.807) is 30.9 Å². The van der Waals surface area contributed by atoms with Crippen LogP contribution in [0.15, 0.2) is 37.1 Å². The first-order valence-electron chi connectivity index (χ1n) is 7.42. The van der Waals surface area contributed by atoms with Crippen LogP contribution in [0.25, 0.3) is 0 Å². The average Bonchev–Trinajstić information content (AvgIpc) is 2.99. The van der Waals surface area contributed by atoms with Crippen molar-refractivity contribution in [2.75, 3.05) is 12.4 Å². The summed E-state index contributed by atoms with van der Waals surface area (Å²) in [6.07, 6.45) is 6.95. The lowest BCUT2D eigenvalue weighted by atomic mass is 9.86. The van der Waals surface area contributed by atoms with E-state index < -0.39 is 0 Å². The molecule has 0 spiro atoms. The van der Waals surface area contributed by atoms with Crippen LogP contribution in [-0.4, -0.2) is 33.7 Å². The number of amides is 2. The van der Waals surface area contributed by atoms with Crippen molar-refractivity contribution in [1.29, 1.82) is 0 Å². The van der Waals surface area contributed by atoms with Gasteiger partial charge in [-0.1, -0.05) is 20.8 Å². The van der Waals surface area contributed by atoms with Gasteiger partial charge in [-0.05, 0) is 17.5 Å². The molecule has 2 aromatic heterocycles. The Bertz CT molecular complexity index is 634. The van der Waals surface area contributed by atoms with Crippen molar-refractivity contribution >= 4 is 11.7 Å². The van der Waals surface area contributed by atoms with Crippen LogP contribution in [-0.2, 0) is 6.54 Å². The minimum absolute atomic E-state index is 0.0700. The molecule has 7 heteroatoms. The Morgan fingerprint density at radius 1 is 1.39 bits per heavy atom. The Kier molecular flexibility index (Phi) is 5.20. The molecule has 0 saturated heterocycles. The fourth-order valence-corrected chi connectivity index (χ4v) is 2.11. The number of carbonyl (C=O) groups is 1. The van der Waals surface area contributed by atoms with Crippen LogP contribution < -0.4 is 15.4 Å². The lowest BCUT2D eigenvalue weighted by molar-refractivity contribution is 0.218. The van der Waals surface area contributed by atoms with E-state index >= 15 is 0 Å². The maximum Gasteiger partial charge on any atom is 0.319 e. The SMILES string of the molecule is COc1ncccc1NC(=O)N[C@H](Cn1ccnc1)C(C)(C)C. The fourth-order valence-electron chi connectivity index (χ4n) is 2.11. The van der Waals surface area contributed by atoms with Crippen molar-refractivity contribution in [1.82, 2.24) is 19.9 Å². The summed E-state index contributed by atoms with van der Waals surface area (Å²) in [5, 5.41) is 5.79. The Balaban J connectivity index is 2.05. The molecule has 2 N–H and O–H groups in total. The van der Waals surface area contributed by atoms with Crippen molar-refractivity contribution in [2.24, 2.45) is 5.41 Å². The number of ether oxygens (including phenoxy) is 1. The molecule has 2 rings (SSSR count). The highest BCUT2D eigenvalue weighted by molar-refractivity contribution is 5.90. The Morgan fingerprint density at radius 2 is 2.17 bits per heavy atom. The third-order valence-electron chi connectivity index (χ3n) is 3.52. The minimum atomic E-state index is -0.295. The monoisotopic (exact) mass is 317 g/mol. The number of nitrogens with one attached hydrogen (secondary N) is 2. The number of imidazole rings is 1. The van der Waals surface area contributed by atoms with E-state index in [0.29, 0.717) is 18.1 Å². The standard InChI is InChI=1S/C16H23N5O2/c1-16(2,3)13(10-21-9-8-17-11-21)20-15(22)19-12-6-5-7-18-14(12)23-4/h5-9,11,13H,10H2,1-4H3,(H2,19,20,22)/t13-/m1/s1. The molecule has 1 atom stereocenters. The molecule has 0 bridgehead atoms. The first-order valence-corrected chi connectivity index (χ1v) is 7.42. The molecular formula is C16H23N5O2.